The molecule has 1 aromatic carbocycles. The minimum atomic E-state index is -0.579. The van der Waals surface area contributed by atoms with Gasteiger partial charge in [0.05, 0.1) is 12.7 Å². The molecular weight excluding hydrogens is 328 g/mol. The number of anilines is 1. The zero-order chi connectivity index (χ0) is 18.5. The highest BCUT2D eigenvalue weighted by Crippen LogP contribution is 2.27. The van der Waals surface area contributed by atoms with Gasteiger partial charge in [-0.05, 0) is 44.2 Å². The number of amides is 2. The van der Waals surface area contributed by atoms with Crippen LogP contribution in [-0.2, 0) is 14.3 Å². The van der Waals surface area contributed by atoms with E-state index in [9.17, 15) is 9.59 Å². The quantitative estimate of drug-likeness (QED) is 0.628. The monoisotopic (exact) mass is 358 g/mol. The van der Waals surface area contributed by atoms with Gasteiger partial charge < -0.3 is 15.0 Å². The number of nitrogens with one attached hydrogen (secondary N) is 1. The number of hydrogen-bond acceptors (Lipinski definition) is 3. The fraction of sp³-hybridized carbons (Fsp3) is 0.619. The highest BCUT2D eigenvalue weighted by atomic mass is 16.5. The normalized spacial score (nSPS) is 26.2. The van der Waals surface area contributed by atoms with E-state index in [1.54, 1.807) is 4.90 Å². The van der Waals surface area contributed by atoms with Crippen LogP contribution in [0.5, 0.6) is 0 Å². The second-order valence-electron chi connectivity index (χ2n) is 7.63. The van der Waals surface area contributed by atoms with Crippen molar-refractivity contribution in [3.8, 4) is 0 Å². The molecule has 2 amide bonds. The fourth-order valence-electron chi connectivity index (χ4n) is 3.94. The number of aryl methyl sites for hydroxylation is 1. The SMILES string of the molecule is Cc1ccc(N2CC[C@H](C(=O)NCCO[C@@H]3CCCC[C@H]3C)C2=O)cc1. The average Bonchev–Trinajstić information content (AvgIpc) is 3.02. The predicted molar refractivity (Wildman–Crippen MR) is 102 cm³/mol. The van der Waals surface area contributed by atoms with Crippen molar-refractivity contribution in [2.24, 2.45) is 11.8 Å². The van der Waals surface area contributed by atoms with Crippen molar-refractivity contribution in [2.75, 3.05) is 24.6 Å². The Balaban J connectivity index is 1.43. The molecule has 3 atom stereocenters. The Hall–Kier alpha value is -1.88. The number of benzene rings is 1. The van der Waals surface area contributed by atoms with Crippen LogP contribution in [0.1, 0.15) is 44.6 Å². The van der Waals surface area contributed by atoms with E-state index in [0.717, 1.165) is 17.7 Å². The molecule has 1 heterocycles. The van der Waals surface area contributed by atoms with Gasteiger partial charge in [0.15, 0.2) is 0 Å². The molecule has 1 aromatic rings. The molecule has 0 bridgehead atoms. The van der Waals surface area contributed by atoms with Crippen LogP contribution in [0, 0.1) is 18.8 Å². The van der Waals surface area contributed by atoms with E-state index in [2.05, 4.69) is 12.2 Å². The topological polar surface area (TPSA) is 58.6 Å². The maximum Gasteiger partial charge on any atom is 0.239 e. The van der Waals surface area contributed by atoms with Gasteiger partial charge in [0.2, 0.25) is 11.8 Å². The first-order chi connectivity index (χ1) is 12.6. The molecule has 142 valence electrons. The van der Waals surface area contributed by atoms with Gasteiger partial charge in [-0.2, -0.15) is 0 Å². The smallest absolute Gasteiger partial charge is 0.239 e. The van der Waals surface area contributed by atoms with Gasteiger partial charge in [-0.25, -0.2) is 0 Å². The lowest BCUT2D eigenvalue weighted by molar-refractivity contribution is -0.132. The lowest BCUT2D eigenvalue weighted by Crippen LogP contribution is -2.39. The van der Waals surface area contributed by atoms with Gasteiger partial charge in [-0.3, -0.25) is 9.59 Å². The van der Waals surface area contributed by atoms with Crippen molar-refractivity contribution < 1.29 is 14.3 Å². The number of nitrogens with zero attached hydrogens (tertiary/aromatic N) is 1. The molecule has 1 aliphatic carbocycles. The summed E-state index contributed by atoms with van der Waals surface area (Å²) in [7, 11) is 0. The zero-order valence-electron chi connectivity index (χ0n) is 15.9. The summed E-state index contributed by atoms with van der Waals surface area (Å²) in [5, 5.41) is 2.88. The molecular formula is C21H30N2O3. The molecule has 5 nitrogen and oxygen atoms in total. The molecule has 1 aliphatic heterocycles. The highest BCUT2D eigenvalue weighted by Gasteiger charge is 2.37. The van der Waals surface area contributed by atoms with Crippen LogP contribution < -0.4 is 10.2 Å². The molecule has 0 unspecified atom stereocenters. The van der Waals surface area contributed by atoms with Crippen LogP contribution in [0.25, 0.3) is 0 Å². The molecule has 3 rings (SSSR count). The van der Waals surface area contributed by atoms with E-state index in [-0.39, 0.29) is 11.8 Å². The maximum atomic E-state index is 12.6. The Bertz CT molecular complexity index is 629. The molecule has 2 fully saturated rings. The van der Waals surface area contributed by atoms with Crippen molar-refractivity contribution in [1.82, 2.24) is 5.32 Å². The lowest BCUT2D eigenvalue weighted by Gasteiger charge is -2.28. The molecule has 1 saturated carbocycles. The summed E-state index contributed by atoms with van der Waals surface area (Å²) in [4.78, 5) is 26.7. The Morgan fingerprint density at radius 2 is 1.92 bits per heavy atom. The van der Waals surface area contributed by atoms with Gasteiger partial charge in [0.1, 0.15) is 5.92 Å². The summed E-state index contributed by atoms with van der Waals surface area (Å²) in [5.41, 5.74) is 2.02. The molecule has 1 saturated heterocycles. The largest absolute Gasteiger partial charge is 0.376 e. The van der Waals surface area contributed by atoms with Gasteiger partial charge in [0, 0.05) is 18.8 Å². The fourth-order valence-corrected chi connectivity index (χ4v) is 3.94. The van der Waals surface area contributed by atoms with Crippen LogP contribution in [0.15, 0.2) is 24.3 Å². The number of hydrogen-bond donors (Lipinski definition) is 1. The lowest BCUT2D eigenvalue weighted by atomic mass is 9.88. The van der Waals surface area contributed by atoms with Gasteiger partial charge >= 0.3 is 0 Å². The summed E-state index contributed by atoms with van der Waals surface area (Å²) in [6.07, 6.45) is 5.74. The molecule has 0 radical (unpaired) electrons. The molecule has 5 heteroatoms. The van der Waals surface area contributed by atoms with Crippen molar-refractivity contribution in [1.29, 1.82) is 0 Å². The Kier molecular flexibility index (Phi) is 6.30. The summed E-state index contributed by atoms with van der Waals surface area (Å²) in [6, 6.07) is 7.85. The molecule has 26 heavy (non-hydrogen) atoms. The predicted octanol–water partition coefficient (Wildman–Crippen LogP) is 3.06. The van der Waals surface area contributed by atoms with Crippen LogP contribution in [0.4, 0.5) is 5.69 Å². The Morgan fingerprint density at radius 1 is 1.19 bits per heavy atom. The third kappa shape index (κ3) is 4.44. The highest BCUT2D eigenvalue weighted by molar-refractivity contribution is 6.09. The van der Waals surface area contributed by atoms with Gasteiger partial charge in [0.25, 0.3) is 0 Å². The Labute approximate surface area is 156 Å². The summed E-state index contributed by atoms with van der Waals surface area (Å²) in [6.45, 7) is 5.83. The third-order valence-corrected chi connectivity index (χ3v) is 5.63. The molecule has 1 N–H and O–H groups in total. The number of carbonyl (C=O) groups is 2. The van der Waals surface area contributed by atoms with E-state index >= 15 is 0 Å². The summed E-state index contributed by atoms with van der Waals surface area (Å²) >= 11 is 0. The second kappa shape index (κ2) is 8.67. The minimum absolute atomic E-state index is 0.104. The van der Waals surface area contributed by atoms with E-state index in [1.165, 1.54) is 19.3 Å². The number of carbonyl (C=O) groups excluding carboxylic acids is 2. The number of rotatable bonds is 6. The van der Waals surface area contributed by atoms with Crippen molar-refractivity contribution >= 4 is 17.5 Å². The van der Waals surface area contributed by atoms with E-state index in [1.807, 2.05) is 31.2 Å². The third-order valence-electron chi connectivity index (χ3n) is 5.63. The van der Waals surface area contributed by atoms with Crippen LogP contribution >= 0.6 is 0 Å². The van der Waals surface area contributed by atoms with Crippen molar-refractivity contribution in [3.63, 3.8) is 0 Å². The van der Waals surface area contributed by atoms with E-state index in [0.29, 0.717) is 38.1 Å². The number of ether oxygens (including phenoxy) is 1. The van der Waals surface area contributed by atoms with E-state index in [4.69, 9.17) is 4.74 Å². The first-order valence-electron chi connectivity index (χ1n) is 9.83. The molecule has 0 aromatic heterocycles. The summed E-state index contributed by atoms with van der Waals surface area (Å²) < 4.78 is 5.93. The maximum absolute atomic E-state index is 12.6. The van der Waals surface area contributed by atoms with Gasteiger partial charge in [-0.15, -0.1) is 0 Å². The molecule has 0 spiro atoms. The van der Waals surface area contributed by atoms with Crippen molar-refractivity contribution in [2.45, 2.75) is 52.1 Å². The van der Waals surface area contributed by atoms with Crippen LogP contribution in [0.3, 0.4) is 0 Å². The average molecular weight is 358 g/mol. The minimum Gasteiger partial charge on any atom is -0.376 e. The molecule has 2 aliphatic rings. The second-order valence-corrected chi connectivity index (χ2v) is 7.63. The van der Waals surface area contributed by atoms with Crippen LogP contribution in [-0.4, -0.2) is 37.6 Å². The zero-order valence-corrected chi connectivity index (χ0v) is 15.9. The first kappa shape index (κ1) is 18.9. The standard InChI is InChI=1S/C21H30N2O3/c1-15-7-9-17(10-8-15)23-13-11-18(21(23)25)20(24)22-12-14-26-19-6-4-3-5-16(19)2/h7-10,16,18-19H,3-6,11-14H2,1-2H3,(H,22,24)/t16-,18-,19-/m1/s1. The Morgan fingerprint density at radius 3 is 2.65 bits per heavy atom. The van der Waals surface area contributed by atoms with E-state index < -0.39 is 5.92 Å². The van der Waals surface area contributed by atoms with Crippen LogP contribution in [0.2, 0.25) is 0 Å². The van der Waals surface area contributed by atoms with Gasteiger partial charge in [-0.1, -0.05) is 37.5 Å². The summed E-state index contributed by atoms with van der Waals surface area (Å²) in [5.74, 6) is -0.262. The first-order valence-corrected chi connectivity index (χ1v) is 9.83. The van der Waals surface area contributed by atoms with Crippen molar-refractivity contribution in [3.05, 3.63) is 29.8 Å².